The van der Waals surface area contributed by atoms with Gasteiger partial charge in [-0.2, -0.15) is 0 Å². The van der Waals surface area contributed by atoms with Crippen molar-refractivity contribution in [3.8, 4) is 5.69 Å². The van der Waals surface area contributed by atoms with Gasteiger partial charge in [-0.3, -0.25) is 14.9 Å². The number of hydrogen-bond donors (Lipinski definition) is 1. The second kappa shape index (κ2) is 7.48. The molecular formula is C24H21N3O3. The summed E-state index contributed by atoms with van der Waals surface area (Å²) in [7, 11) is 0. The van der Waals surface area contributed by atoms with Gasteiger partial charge in [0.1, 0.15) is 5.57 Å². The first-order valence-electron chi connectivity index (χ1n) is 9.59. The Bertz CT molecular complexity index is 1200. The van der Waals surface area contributed by atoms with E-state index in [4.69, 9.17) is 0 Å². The molecule has 1 aliphatic heterocycles. The molecule has 1 N–H and O–H groups in total. The number of aryl methyl sites for hydroxylation is 2. The Morgan fingerprint density at radius 3 is 2.33 bits per heavy atom. The molecule has 1 saturated heterocycles. The van der Waals surface area contributed by atoms with Crippen LogP contribution in [0.1, 0.15) is 22.4 Å². The lowest BCUT2D eigenvalue weighted by Crippen LogP contribution is -2.54. The number of aromatic nitrogens is 1. The minimum Gasteiger partial charge on any atom is -0.317 e. The summed E-state index contributed by atoms with van der Waals surface area (Å²) in [6, 6.07) is 15.9. The first-order valence-corrected chi connectivity index (χ1v) is 9.59. The number of nitrogens with one attached hydrogen (secondary N) is 1. The Balaban J connectivity index is 1.77. The van der Waals surface area contributed by atoms with Gasteiger partial charge in [0.05, 0.1) is 5.69 Å². The topological polar surface area (TPSA) is 71.4 Å². The summed E-state index contributed by atoms with van der Waals surface area (Å²) in [5, 5.41) is 2.26. The maximum absolute atomic E-state index is 13.1. The summed E-state index contributed by atoms with van der Waals surface area (Å²) < 4.78 is 1.92. The van der Waals surface area contributed by atoms with E-state index in [1.807, 2.05) is 61.9 Å². The molecular weight excluding hydrogens is 378 g/mol. The molecule has 4 amide bonds. The standard InChI is InChI=1S/C24H21N3O3/c1-15-9-11-18(12-10-15)27-23(29)20(22(28)25-24(27)30)14-19-7-5-13-26(19)21-8-4-6-16(2)17(21)3/h4-14H,1-3H3,(H,25,28,30)/b20-14+. The Labute approximate surface area is 174 Å². The molecule has 1 aliphatic rings. The number of hydrogen-bond acceptors (Lipinski definition) is 3. The van der Waals surface area contributed by atoms with Crippen molar-refractivity contribution >= 4 is 29.6 Å². The molecule has 6 nitrogen and oxygen atoms in total. The third kappa shape index (κ3) is 3.33. The number of nitrogens with zero attached hydrogens (tertiary/aromatic N) is 2. The molecule has 3 aromatic rings. The van der Waals surface area contributed by atoms with Gasteiger partial charge in [0.2, 0.25) is 0 Å². The van der Waals surface area contributed by atoms with Crippen molar-refractivity contribution < 1.29 is 14.4 Å². The zero-order valence-corrected chi connectivity index (χ0v) is 17.0. The van der Waals surface area contributed by atoms with Crippen molar-refractivity contribution in [3.63, 3.8) is 0 Å². The fourth-order valence-electron chi connectivity index (χ4n) is 3.46. The Morgan fingerprint density at radius 2 is 1.60 bits per heavy atom. The molecule has 4 rings (SSSR count). The first kappa shape index (κ1) is 19.4. The number of rotatable bonds is 3. The molecule has 150 valence electrons. The first-order chi connectivity index (χ1) is 14.4. The van der Waals surface area contributed by atoms with E-state index in [2.05, 4.69) is 5.32 Å². The fourth-order valence-corrected chi connectivity index (χ4v) is 3.46. The SMILES string of the molecule is Cc1ccc(N2C(=O)NC(=O)/C(=C\c3cccn3-c3cccc(C)c3C)C2=O)cc1. The monoisotopic (exact) mass is 399 g/mol. The van der Waals surface area contributed by atoms with E-state index in [1.165, 1.54) is 6.08 Å². The van der Waals surface area contributed by atoms with Crippen molar-refractivity contribution in [1.29, 1.82) is 0 Å². The van der Waals surface area contributed by atoms with Gasteiger partial charge in [-0.25, -0.2) is 9.69 Å². The van der Waals surface area contributed by atoms with Gasteiger partial charge < -0.3 is 4.57 Å². The number of carbonyl (C=O) groups is 3. The third-order valence-corrected chi connectivity index (χ3v) is 5.30. The molecule has 1 fully saturated rings. The van der Waals surface area contributed by atoms with Crippen LogP contribution >= 0.6 is 0 Å². The van der Waals surface area contributed by atoms with Crippen molar-refractivity contribution in [2.45, 2.75) is 20.8 Å². The second-order valence-corrected chi connectivity index (χ2v) is 7.32. The predicted octanol–water partition coefficient (Wildman–Crippen LogP) is 4.07. The average Bonchev–Trinajstić information content (AvgIpc) is 3.16. The lowest BCUT2D eigenvalue weighted by Gasteiger charge is -2.26. The highest BCUT2D eigenvalue weighted by molar-refractivity contribution is 6.39. The number of anilines is 1. The molecule has 0 aliphatic carbocycles. The van der Waals surface area contributed by atoms with Crippen LogP contribution in [0.15, 0.2) is 66.4 Å². The molecule has 0 unspecified atom stereocenters. The molecule has 1 aromatic heterocycles. The molecule has 6 heteroatoms. The third-order valence-electron chi connectivity index (χ3n) is 5.30. The summed E-state index contributed by atoms with van der Waals surface area (Å²) >= 11 is 0. The highest BCUT2D eigenvalue weighted by Gasteiger charge is 2.37. The van der Waals surface area contributed by atoms with Gasteiger partial charge in [-0.15, -0.1) is 0 Å². The van der Waals surface area contributed by atoms with Crippen LogP contribution in [0.25, 0.3) is 11.8 Å². The number of barbiturate groups is 1. The number of urea groups is 1. The number of benzene rings is 2. The maximum Gasteiger partial charge on any atom is 0.335 e. The van der Waals surface area contributed by atoms with Gasteiger partial charge >= 0.3 is 6.03 Å². The largest absolute Gasteiger partial charge is 0.335 e. The van der Waals surface area contributed by atoms with Crippen molar-refractivity contribution in [2.75, 3.05) is 4.90 Å². The number of carbonyl (C=O) groups excluding carboxylic acids is 3. The second-order valence-electron chi connectivity index (χ2n) is 7.32. The van der Waals surface area contributed by atoms with E-state index < -0.39 is 17.8 Å². The van der Waals surface area contributed by atoms with Crippen molar-refractivity contribution in [2.24, 2.45) is 0 Å². The summed E-state index contributed by atoms with van der Waals surface area (Å²) in [5.41, 5.74) is 5.18. The maximum atomic E-state index is 13.1. The van der Waals surface area contributed by atoms with Crippen LogP contribution < -0.4 is 10.2 Å². The van der Waals surface area contributed by atoms with Crippen molar-refractivity contribution in [3.05, 3.63) is 88.8 Å². The molecule has 2 heterocycles. The van der Waals surface area contributed by atoms with Gasteiger partial charge in [-0.05, 0) is 68.3 Å². The summed E-state index contributed by atoms with van der Waals surface area (Å²) in [6.45, 7) is 5.97. The molecule has 2 aromatic carbocycles. The van der Waals surface area contributed by atoms with Gasteiger partial charge in [-0.1, -0.05) is 29.8 Å². The minimum atomic E-state index is -0.754. The van der Waals surface area contributed by atoms with E-state index in [1.54, 1.807) is 24.3 Å². The van der Waals surface area contributed by atoms with Gasteiger partial charge in [0, 0.05) is 17.6 Å². The molecule has 0 atom stereocenters. The average molecular weight is 399 g/mol. The Hall–Kier alpha value is -3.93. The van der Waals surface area contributed by atoms with Crippen LogP contribution in [0.3, 0.4) is 0 Å². The van der Waals surface area contributed by atoms with E-state index >= 15 is 0 Å². The minimum absolute atomic E-state index is 0.0968. The Kier molecular flexibility index (Phi) is 4.83. The smallest absolute Gasteiger partial charge is 0.317 e. The van der Waals surface area contributed by atoms with E-state index in [0.29, 0.717) is 11.4 Å². The zero-order valence-electron chi connectivity index (χ0n) is 17.0. The van der Waals surface area contributed by atoms with Gasteiger partial charge in [0.25, 0.3) is 11.8 Å². The zero-order chi connectivity index (χ0) is 21.4. The van der Waals surface area contributed by atoms with E-state index in [0.717, 1.165) is 27.3 Å². The van der Waals surface area contributed by atoms with Gasteiger partial charge in [0.15, 0.2) is 0 Å². The van der Waals surface area contributed by atoms with Crippen LogP contribution in [-0.4, -0.2) is 22.4 Å². The summed E-state index contributed by atoms with van der Waals surface area (Å²) in [5.74, 6) is -1.36. The predicted molar refractivity (Wildman–Crippen MR) is 115 cm³/mol. The molecule has 0 bridgehead atoms. The van der Waals surface area contributed by atoms with Crippen LogP contribution in [0.5, 0.6) is 0 Å². The summed E-state index contributed by atoms with van der Waals surface area (Å²) in [6.07, 6.45) is 3.40. The number of amides is 4. The van der Waals surface area contributed by atoms with Crippen molar-refractivity contribution in [1.82, 2.24) is 9.88 Å². The lowest BCUT2D eigenvalue weighted by molar-refractivity contribution is -0.122. The number of imide groups is 2. The molecule has 30 heavy (non-hydrogen) atoms. The van der Waals surface area contributed by atoms with Crippen LogP contribution in [0.2, 0.25) is 0 Å². The lowest BCUT2D eigenvalue weighted by atomic mass is 10.1. The molecule has 0 radical (unpaired) electrons. The molecule has 0 saturated carbocycles. The molecule has 0 spiro atoms. The summed E-state index contributed by atoms with van der Waals surface area (Å²) in [4.78, 5) is 38.9. The highest BCUT2D eigenvalue weighted by Crippen LogP contribution is 2.25. The Morgan fingerprint density at radius 1 is 0.867 bits per heavy atom. The van der Waals surface area contributed by atoms with Crippen LogP contribution in [0.4, 0.5) is 10.5 Å². The highest BCUT2D eigenvalue weighted by atomic mass is 16.2. The van der Waals surface area contributed by atoms with E-state index in [9.17, 15) is 14.4 Å². The fraction of sp³-hybridized carbons (Fsp3) is 0.125. The quantitative estimate of drug-likeness (QED) is 0.533. The van der Waals surface area contributed by atoms with E-state index in [-0.39, 0.29) is 5.57 Å². The van der Waals surface area contributed by atoms with Crippen LogP contribution in [-0.2, 0) is 9.59 Å². The normalized spacial score (nSPS) is 15.6. The van der Waals surface area contributed by atoms with Crippen LogP contribution in [0, 0.1) is 20.8 Å².